The number of nitrogens with zero attached hydrogens (tertiary/aromatic N) is 3. The largest absolute Gasteiger partial charge is 0.493 e. The predicted molar refractivity (Wildman–Crippen MR) is 113 cm³/mol. The van der Waals surface area contributed by atoms with Gasteiger partial charge in [0.1, 0.15) is 12.3 Å². The van der Waals surface area contributed by atoms with Crippen LogP contribution in [0.2, 0.25) is 0 Å². The number of para-hydroxylation sites is 1. The molecule has 0 radical (unpaired) electrons. The molecule has 6 heteroatoms. The molecule has 0 atom stereocenters. The summed E-state index contributed by atoms with van der Waals surface area (Å²) in [5.74, 6) is 1.93. The van der Waals surface area contributed by atoms with Crippen LogP contribution in [-0.4, -0.2) is 34.2 Å². The Labute approximate surface area is 176 Å². The summed E-state index contributed by atoms with van der Waals surface area (Å²) in [6.07, 6.45) is 2.36. The summed E-state index contributed by atoms with van der Waals surface area (Å²) < 4.78 is 13.6. The topological polar surface area (TPSA) is 56.6 Å². The Morgan fingerprint density at radius 1 is 1.07 bits per heavy atom. The zero-order valence-corrected chi connectivity index (χ0v) is 17.1. The molecular weight excluding hydrogens is 378 g/mol. The molecule has 0 N–H and O–H groups in total. The number of ether oxygens (including phenoxy) is 2. The van der Waals surface area contributed by atoms with E-state index in [9.17, 15) is 4.79 Å². The highest BCUT2D eigenvalue weighted by Gasteiger charge is 2.32. The Kier molecular flexibility index (Phi) is 4.91. The minimum absolute atomic E-state index is 0.0262. The molecule has 2 heterocycles. The summed E-state index contributed by atoms with van der Waals surface area (Å²) in [6, 6.07) is 17.8. The van der Waals surface area contributed by atoms with E-state index in [1.807, 2.05) is 64.2 Å². The van der Waals surface area contributed by atoms with Gasteiger partial charge < -0.3 is 14.4 Å². The molecule has 5 rings (SSSR count). The number of rotatable bonds is 7. The van der Waals surface area contributed by atoms with E-state index in [0.717, 1.165) is 23.4 Å². The van der Waals surface area contributed by atoms with Crippen molar-refractivity contribution in [1.82, 2.24) is 14.7 Å². The van der Waals surface area contributed by atoms with Crippen molar-refractivity contribution in [2.75, 3.05) is 13.7 Å². The maximum absolute atomic E-state index is 13.1. The van der Waals surface area contributed by atoms with Crippen molar-refractivity contribution >= 4 is 5.91 Å². The van der Waals surface area contributed by atoms with E-state index in [0.29, 0.717) is 42.8 Å². The van der Waals surface area contributed by atoms with Gasteiger partial charge in [0.25, 0.3) is 5.91 Å². The first-order valence-corrected chi connectivity index (χ1v) is 10.4. The van der Waals surface area contributed by atoms with Crippen LogP contribution in [0.3, 0.4) is 0 Å². The molecule has 0 spiro atoms. The third kappa shape index (κ3) is 3.65. The van der Waals surface area contributed by atoms with Gasteiger partial charge in [-0.3, -0.25) is 9.48 Å². The van der Waals surface area contributed by atoms with E-state index in [2.05, 4.69) is 5.10 Å². The van der Waals surface area contributed by atoms with Crippen molar-refractivity contribution in [1.29, 1.82) is 0 Å². The highest BCUT2D eigenvalue weighted by molar-refractivity contribution is 5.93. The fourth-order valence-corrected chi connectivity index (χ4v) is 3.96. The Morgan fingerprint density at radius 3 is 2.67 bits per heavy atom. The lowest BCUT2D eigenvalue weighted by Crippen LogP contribution is -2.39. The third-order valence-electron chi connectivity index (χ3n) is 5.75. The van der Waals surface area contributed by atoms with E-state index >= 15 is 0 Å². The Bertz CT molecular complexity index is 1060. The van der Waals surface area contributed by atoms with Gasteiger partial charge in [0.05, 0.1) is 19.3 Å². The van der Waals surface area contributed by atoms with E-state index in [-0.39, 0.29) is 5.91 Å². The average Bonchev–Trinajstić information content (AvgIpc) is 3.54. The molecule has 1 aromatic heterocycles. The lowest BCUT2D eigenvalue weighted by molar-refractivity contribution is 0.0682. The quantitative estimate of drug-likeness (QED) is 0.598. The predicted octanol–water partition coefficient (Wildman–Crippen LogP) is 4.00. The minimum atomic E-state index is 0.0262. The number of methoxy groups -OCH3 is 1. The van der Waals surface area contributed by atoms with Crippen molar-refractivity contribution < 1.29 is 14.3 Å². The normalized spacial score (nSPS) is 15.8. The first kappa shape index (κ1) is 18.7. The van der Waals surface area contributed by atoms with Crippen LogP contribution in [0.15, 0.2) is 54.6 Å². The molecule has 1 amide bonds. The average molecular weight is 403 g/mol. The zero-order chi connectivity index (χ0) is 20.5. The second kappa shape index (κ2) is 7.86. The smallest absolute Gasteiger partial charge is 0.272 e. The minimum Gasteiger partial charge on any atom is -0.493 e. The van der Waals surface area contributed by atoms with Gasteiger partial charge in [-0.25, -0.2) is 0 Å². The summed E-state index contributed by atoms with van der Waals surface area (Å²) in [5.41, 5.74) is 3.79. The van der Waals surface area contributed by atoms with Gasteiger partial charge in [0.15, 0.2) is 11.5 Å². The van der Waals surface area contributed by atoms with E-state index in [1.165, 1.54) is 12.8 Å². The molecule has 154 valence electrons. The third-order valence-corrected chi connectivity index (χ3v) is 5.75. The monoisotopic (exact) mass is 403 g/mol. The van der Waals surface area contributed by atoms with Crippen LogP contribution in [0.25, 0.3) is 0 Å². The highest BCUT2D eigenvalue weighted by atomic mass is 16.5. The van der Waals surface area contributed by atoms with Gasteiger partial charge in [0, 0.05) is 24.6 Å². The lowest BCUT2D eigenvalue weighted by atomic mass is 10.1. The van der Waals surface area contributed by atoms with Gasteiger partial charge in [-0.05, 0) is 30.5 Å². The maximum atomic E-state index is 13.1. The molecule has 3 aromatic rings. The van der Waals surface area contributed by atoms with Crippen LogP contribution in [0.5, 0.6) is 11.5 Å². The van der Waals surface area contributed by atoms with Crippen LogP contribution in [0.4, 0.5) is 0 Å². The van der Waals surface area contributed by atoms with Gasteiger partial charge in [-0.2, -0.15) is 5.10 Å². The molecule has 1 saturated carbocycles. The van der Waals surface area contributed by atoms with Gasteiger partial charge in [0.2, 0.25) is 0 Å². The zero-order valence-electron chi connectivity index (χ0n) is 17.1. The lowest BCUT2D eigenvalue weighted by Gasteiger charge is -2.28. The SMILES string of the molecule is COc1c(CN2CCn3nc(C4CC4)cc3C2=O)cccc1OCc1ccccc1. The molecule has 1 aliphatic carbocycles. The fraction of sp³-hybridized carbons (Fsp3) is 0.333. The van der Waals surface area contributed by atoms with Crippen molar-refractivity contribution in [3.8, 4) is 11.5 Å². The number of carbonyl (C=O) groups is 1. The number of hydrogen-bond acceptors (Lipinski definition) is 4. The number of fused-ring (bicyclic) bond motifs is 1. The number of hydrogen-bond donors (Lipinski definition) is 0. The summed E-state index contributed by atoms with van der Waals surface area (Å²) >= 11 is 0. The molecule has 0 saturated heterocycles. The first-order valence-electron chi connectivity index (χ1n) is 10.4. The van der Waals surface area contributed by atoms with E-state index in [4.69, 9.17) is 9.47 Å². The Balaban J connectivity index is 1.33. The summed E-state index contributed by atoms with van der Waals surface area (Å²) in [4.78, 5) is 14.9. The molecule has 0 bridgehead atoms. The molecular formula is C24H25N3O3. The van der Waals surface area contributed by atoms with Gasteiger partial charge in [-0.15, -0.1) is 0 Å². The number of carbonyl (C=O) groups excluding carboxylic acids is 1. The van der Waals surface area contributed by atoms with Crippen molar-refractivity contribution in [3.63, 3.8) is 0 Å². The Hall–Kier alpha value is -3.28. The summed E-state index contributed by atoms with van der Waals surface area (Å²) in [5, 5.41) is 4.63. The Morgan fingerprint density at radius 2 is 1.90 bits per heavy atom. The molecule has 1 fully saturated rings. The molecule has 1 aliphatic heterocycles. The van der Waals surface area contributed by atoms with Crippen molar-refractivity contribution in [2.24, 2.45) is 0 Å². The van der Waals surface area contributed by atoms with Crippen molar-refractivity contribution in [2.45, 2.75) is 38.5 Å². The highest BCUT2D eigenvalue weighted by Crippen LogP contribution is 2.40. The fourth-order valence-electron chi connectivity index (χ4n) is 3.96. The van der Waals surface area contributed by atoms with Gasteiger partial charge >= 0.3 is 0 Å². The number of benzene rings is 2. The number of aromatic nitrogens is 2. The maximum Gasteiger partial charge on any atom is 0.272 e. The second-order valence-corrected chi connectivity index (χ2v) is 7.90. The molecule has 0 unspecified atom stereocenters. The molecule has 2 aliphatic rings. The van der Waals surface area contributed by atoms with Crippen LogP contribution in [0.1, 0.15) is 46.1 Å². The van der Waals surface area contributed by atoms with Crippen molar-refractivity contribution in [3.05, 3.63) is 77.1 Å². The summed E-state index contributed by atoms with van der Waals surface area (Å²) in [6.45, 7) is 2.30. The number of amides is 1. The molecule has 6 nitrogen and oxygen atoms in total. The van der Waals surface area contributed by atoms with Crippen LogP contribution in [0, 0.1) is 0 Å². The summed E-state index contributed by atoms with van der Waals surface area (Å²) in [7, 11) is 1.64. The standard InChI is InChI=1S/C24H25N3O3/c1-29-23-19(8-5-9-22(23)30-16-17-6-3-2-4-7-17)15-26-12-13-27-21(24(26)28)14-20(25-27)18-10-11-18/h2-9,14,18H,10-13,15-16H2,1H3. The second-order valence-electron chi connectivity index (χ2n) is 7.90. The van der Waals surface area contributed by atoms with Gasteiger partial charge in [-0.1, -0.05) is 42.5 Å². The molecule has 2 aromatic carbocycles. The van der Waals surface area contributed by atoms with Crippen LogP contribution in [-0.2, 0) is 19.7 Å². The van der Waals surface area contributed by atoms with E-state index < -0.39 is 0 Å². The first-order chi connectivity index (χ1) is 14.7. The van der Waals surface area contributed by atoms with E-state index in [1.54, 1.807) is 7.11 Å². The van der Waals surface area contributed by atoms with Crippen LogP contribution < -0.4 is 9.47 Å². The van der Waals surface area contributed by atoms with Crippen LogP contribution >= 0.6 is 0 Å². The molecule has 30 heavy (non-hydrogen) atoms.